The van der Waals surface area contributed by atoms with Crippen molar-refractivity contribution >= 4 is 13.5 Å². The van der Waals surface area contributed by atoms with Crippen molar-refractivity contribution in [3.05, 3.63) is 84.4 Å². The van der Waals surface area contributed by atoms with E-state index >= 15 is 0 Å². The molecule has 0 spiro atoms. The van der Waals surface area contributed by atoms with Gasteiger partial charge in [-0.1, -0.05) is 118 Å². The molecule has 27 heavy (non-hydrogen) atoms. The Hall–Kier alpha value is -1.99. The Kier molecular flexibility index (Phi) is 9.21. The molecule has 0 aliphatic rings. The molecular weight excluding hydrogens is 344 g/mol. The SMILES string of the molecule is CCCCCCCCc1ccc(-c2ccccc2-c2ccccc2)cc1.S. The molecule has 0 nitrogen and oxygen atoms in total. The van der Waals surface area contributed by atoms with Gasteiger partial charge in [-0.05, 0) is 40.7 Å². The molecule has 0 unspecified atom stereocenters. The molecule has 3 aromatic rings. The van der Waals surface area contributed by atoms with Crippen LogP contribution in [-0.4, -0.2) is 0 Å². The maximum atomic E-state index is 2.31. The van der Waals surface area contributed by atoms with Gasteiger partial charge in [0.15, 0.2) is 0 Å². The van der Waals surface area contributed by atoms with Crippen molar-refractivity contribution in [1.29, 1.82) is 0 Å². The van der Waals surface area contributed by atoms with E-state index in [0.717, 1.165) is 0 Å². The van der Waals surface area contributed by atoms with E-state index < -0.39 is 0 Å². The first-order chi connectivity index (χ1) is 12.9. The number of unbranched alkanes of at least 4 members (excludes halogenated alkanes) is 5. The number of hydrogen-bond donors (Lipinski definition) is 0. The maximum Gasteiger partial charge on any atom is -0.0105 e. The predicted octanol–water partition coefficient (Wildman–Crippen LogP) is 8.04. The predicted molar refractivity (Wildman–Crippen MR) is 125 cm³/mol. The van der Waals surface area contributed by atoms with Gasteiger partial charge in [-0.15, -0.1) is 0 Å². The fourth-order valence-corrected chi connectivity index (χ4v) is 3.56. The summed E-state index contributed by atoms with van der Waals surface area (Å²) < 4.78 is 0. The minimum Gasteiger partial charge on any atom is -0.197 e. The van der Waals surface area contributed by atoms with Gasteiger partial charge in [-0.3, -0.25) is 0 Å². The molecule has 0 saturated heterocycles. The van der Waals surface area contributed by atoms with Gasteiger partial charge in [0, 0.05) is 0 Å². The molecule has 0 radical (unpaired) electrons. The quantitative estimate of drug-likeness (QED) is 0.331. The lowest BCUT2D eigenvalue weighted by Crippen LogP contribution is -1.88. The number of hydrogen-bond acceptors (Lipinski definition) is 0. The Labute approximate surface area is 172 Å². The summed E-state index contributed by atoms with van der Waals surface area (Å²) in [7, 11) is 0. The van der Waals surface area contributed by atoms with Crippen LogP contribution in [0.5, 0.6) is 0 Å². The second kappa shape index (κ2) is 11.7. The van der Waals surface area contributed by atoms with Crippen LogP contribution in [0, 0.1) is 0 Å². The van der Waals surface area contributed by atoms with Crippen LogP contribution in [0.4, 0.5) is 0 Å². The van der Waals surface area contributed by atoms with Crippen molar-refractivity contribution < 1.29 is 0 Å². The van der Waals surface area contributed by atoms with E-state index in [1.54, 1.807) is 0 Å². The fraction of sp³-hybridized carbons (Fsp3) is 0.308. The van der Waals surface area contributed by atoms with Crippen molar-refractivity contribution in [2.24, 2.45) is 0 Å². The zero-order chi connectivity index (χ0) is 18.0. The van der Waals surface area contributed by atoms with Crippen molar-refractivity contribution in [3.8, 4) is 22.3 Å². The summed E-state index contributed by atoms with van der Waals surface area (Å²) in [6.45, 7) is 2.28. The molecule has 0 heterocycles. The van der Waals surface area contributed by atoms with Gasteiger partial charge < -0.3 is 0 Å². The third-order valence-corrected chi connectivity index (χ3v) is 5.10. The number of rotatable bonds is 9. The van der Waals surface area contributed by atoms with E-state index in [-0.39, 0.29) is 13.5 Å². The van der Waals surface area contributed by atoms with Crippen LogP contribution in [0.3, 0.4) is 0 Å². The standard InChI is InChI=1S/C26H30.H2S/c1-2-3-4-5-6-8-13-22-18-20-24(21-19-22)26-17-12-11-16-25(26)23-14-9-7-10-15-23;/h7,9-12,14-21H,2-6,8,13H2,1H3;1H2. The summed E-state index contributed by atoms with van der Waals surface area (Å²) >= 11 is 0. The smallest absolute Gasteiger partial charge is 0.0105 e. The largest absolute Gasteiger partial charge is 0.197 e. The van der Waals surface area contributed by atoms with Crippen molar-refractivity contribution in [2.75, 3.05) is 0 Å². The van der Waals surface area contributed by atoms with E-state index in [0.29, 0.717) is 0 Å². The second-order valence-corrected chi connectivity index (χ2v) is 7.13. The summed E-state index contributed by atoms with van der Waals surface area (Å²) in [5.41, 5.74) is 6.65. The Balaban J connectivity index is 0.00000261. The van der Waals surface area contributed by atoms with E-state index in [1.165, 1.54) is 72.8 Å². The highest BCUT2D eigenvalue weighted by Crippen LogP contribution is 2.32. The Bertz CT molecular complexity index is 775. The fourth-order valence-electron chi connectivity index (χ4n) is 3.56. The first kappa shape index (κ1) is 21.3. The third-order valence-electron chi connectivity index (χ3n) is 5.10. The van der Waals surface area contributed by atoms with Gasteiger partial charge in [-0.2, -0.15) is 13.5 Å². The normalized spacial score (nSPS) is 10.4. The van der Waals surface area contributed by atoms with Gasteiger partial charge in [-0.25, -0.2) is 0 Å². The number of benzene rings is 3. The van der Waals surface area contributed by atoms with Gasteiger partial charge in [0.2, 0.25) is 0 Å². The Morgan fingerprint density at radius 1 is 0.519 bits per heavy atom. The lowest BCUT2D eigenvalue weighted by atomic mass is 9.93. The average molecular weight is 377 g/mol. The van der Waals surface area contributed by atoms with Crippen molar-refractivity contribution in [1.82, 2.24) is 0 Å². The zero-order valence-corrected chi connectivity index (χ0v) is 17.5. The van der Waals surface area contributed by atoms with Crippen molar-refractivity contribution in [2.45, 2.75) is 51.9 Å². The highest BCUT2D eigenvalue weighted by Gasteiger charge is 2.06. The third kappa shape index (κ3) is 6.29. The van der Waals surface area contributed by atoms with E-state index in [4.69, 9.17) is 0 Å². The average Bonchev–Trinajstić information content (AvgIpc) is 2.72. The first-order valence-electron chi connectivity index (χ1n) is 10.1. The molecule has 0 amide bonds. The molecule has 3 aromatic carbocycles. The molecule has 0 bridgehead atoms. The van der Waals surface area contributed by atoms with Crippen LogP contribution in [-0.2, 0) is 6.42 Å². The molecule has 0 N–H and O–H groups in total. The van der Waals surface area contributed by atoms with E-state index in [9.17, 15) is 0 Å². The minimum absolute atomic E-state index is 0. The summed E-state index contributed by atoms with van der Waals surface area (Å²) in [5.74, 6) is 0. The highest BCUT2D eigenvalue weighted by atomic mass is 32.1. The molecule has 0 fully saturated rings. The highest BCUT2D eigenvalue weighted by molar-refractivity contribution is 7.59. The first-order valence-corrected chi connectivity index (χ1v) is 10.1. The van der Waals surface area contributed by atoms with Crippen LogP contribution in [0.15, 0.2) is 78.9 Å². The van der Waals surface area contributed by atoms with Crippen LogP contribution < -0.4 is 0 Å². The van der Waals surface area contributed by atoms with Gasteiger partial charge in [0.1, 0.15) is 0 Å². The molecule has 142 valence electrons. The van der Waals surface area contributed by atoms with E-state index in [1.807, 2.05) is 0 Å². The molecule has 0 atom stereocenters. The summed E-state index contributed by atoms with van der Waals surface area (Å²) in [6.07, 6.45) is 9.36. The summed E-state index contributed by atoms with van der Waals surface area (Å²) in [6, 6.07) is 28.5. The zero-order valence-electron chi connectivity index (χ0n) is 16.5. The number of aryl methyl sites for hydroxylation is 1. The topological polar surface area (TPSA) is 0 Å². The minimum atomic E-state index is 0. The van der Waals surface area contributed by atoms with Gasteiger partial charge >= 0.3 is 0 Å². The lowest BCUT2D eigenvalue weighted by Gasteiger charge is -2.11. The Morgan fingerprint density at radius 3 is 1.67 bits per heavy atom. The molecule has 0 aromatic heterocycles. The van der Waals surface area contributed by atoms with Crippen molar-refractivity contribution in [3.63, 3.8) is 0 Å². The maximum absolute atomic E-state index is 2.31. The summed E-state index contributed by atoms with van der Waals surface area (Å²) in [5, 5.41) is 0. The van der Waals surface area contributed by atoms with Crippen LogP contribution in [0.25, 0.3) is 22.3 Å². The van der Waals surface area contributed by atoms with E-state index in [2.05, 4.69) is 85.8 Å². The molecule has 1 heteroatoms. The molecule has 3 rings (SSSR count). The molecular formula is C26H32S. The van der Waals surface area contributed by atoms with Crippen LogP contribution >= 0.6 is 13.5 Å². The molecule has 0 aliphatic heterocycles. The van der Waals surface area contributed by atoms with Gasteiger partial charge in [0.05, 0.1) is 0 Å². The second-order valence-electron chi connectivity index (χ2n) is 7.13. The monoisotopic (exact) mass is 376 g/mol. The van der Waals surface area contributed by atoms with Crippen LogP contribution in [0.2, 0.25) is 0 Å². The summed E-state index contributed by atoms with van der Waals surface area (Å²) in [4.78, 5) is 0. The lowest BCUT2D eigenvalue weighted by molar-refractivity contribution is 0.607. The molecule has 0 aliphatic carbocycles. The molecule has 0 saturated carbocycles. The Morgan fingerprint density at radius 2 is 1.04 bits per heavy atom. The van der Waals surface area contributed by atoms with Crippen LogP contribution in [0.1, 0.15) is 51.0 Å². The van der Waals surface area contributed by atoms with Gasteiger partial charge in [0.25, 0.3) is 0 Å².